The molecular weight excluding hydrogens is 377 g/mol. The Kier molecular flexibility index (Phi) is 6.81. The Labute approximate surface area is 148 Å². The zero-order valence-corrected chi connectivity index (χ0v) is 14.7. The number of ether oxygens (including phenoxy) is 2. The van der Waals surface area contributed by atoms with Crippen LogP contribution in [0.5, 0.6) is 11.5 Å². The number of methoxy groups -OCH3 is 1. The van der Waals surface area contributed by atoms with Crippen molar-refractivity contribution in [3.63, 3.8) is 0 Å². The molecular formula is C18H17BrFNO3. The van der Waals surface area contributed by atoms with E-state index in [9.17, 15) is 9.18 Å². The molecule has 24 heavy (non-hydrogen) atoms. The molecule has 0 aliphatic heterocycles. The van der Waals surface area contributed by atoms with E-state index in [4.69, 9.17) is 9.47 Å². The van der Waals surface area contributed by atoms with E-state index < -0.39 is 0 Å². The number of nitrogens with one attached hydrogen (secondary N) is 1. The number of hydrogen-bond donors (Lipinski definition) is 1. The van der Waals surface area contributed by atoms with Crippen LogP contribution in [0.1, 0.15) is 5.56 Å². The van der Waals surface area contributed by atoms with Gasteiger partial charge < -0.3 is 14.8 Å². The van der Waals surface area contributed by atoms with Crippen molar-refractivity contribution in [1.29, 1.82) is 0 Å². The van der Waals surface area contributed by atoms with Gasteiger partial charge in [-0.25, -0.2) is 4.39 Å². The lowest BCUT2D eigenvalue weighted by Gasteiger charge is -2.07. The van der Waals surface area contributed by atoms with Gasteiger partial charge in [0, 0.05) is 16.1 Å². The van der Waals surface area contributed by atoms with Crippen molar-refractivity contribution in [2.24, 2.45) is 0 Å². The van der Waals surface area contributed by atoms with E-state index in [0.717, 1.165) is 10.2 Å². The standard InChI is InChI=1S/C18H17BrFNO3/c1-23-15-4-6-16(7-5-15)24-11-10-21-18(22)9-2-13-12-14(19)3-8-17(13)20/h2-9,12H,10-11H2,1H3,(H,21,22)/b9-2+. The normalized spacial score (nSPS) is 10.6. The van der Waals surface area contributed by atoms with Gasteiger partial charge in [-0.15, -0.1) is 0 Å². The highest BCUT2D eigenvalue weighted by Crippen LogP contribution is 2.17. The molecule has 0 saturated heterocycles. The third kappa shape index (κ3) is 5.70. The Morgan fingerprint density at radius 2 is 1.92 bits per heavy atom. The average molecular weight is 394 g/mol. The van der Waals surface area contributed by atoms with Gasteiger partial charge in [0.1, 0.15) is 23.9 Å². The van der Waals surface area contributed by atoms with Gasteiger partial charge >= 0.3 is 0 Å². The summed E-state index contributed by atoms with van der Waals surface area (Å²) in [7, 11) is 1.60. The smallest absolute Gasteiger partial charge is 0.244 e. The van der Waals surface area contributed by atoms with Crippen molar-refractivity contribution in [3.8, 4) is 11.5 Å². The maximum Gasteiger partial charge on any atom is 0.244 e. The number of hydrogen-bond acceptors (Lipinski definition) is 3. The van der Waals surface area contributed by atoms with Crippen LogP contribution in [0.4, 0.5) is 4.39 Å². The Morgan fingerprint density at radius 3 is 2.62 bits per heavy atom. The van der Waals surface area contributed by atoms with Gasteiger partial charge in [-0.1, -0.05) is 15.9 Å². The van der Waals surface area contributed by atoms with Crippen molar-refractivity contribution in [1.82, 2.24) is 5.32 Å². The maximum absolute atomic E-state index is 13.5. The Morgan fingerprint density at radius 1 is 1.21 bits per heavy atom. The first-order chi connectivity index (χ1) is 11.6. The zero-order valence-electron chi connectivity index (χ0n) is 13.1. The summed E-state index contributed by atoms with van der Waals surface area (Å²) in [5.74, 6) is 0.746. The number of amides is 1. The molecule has 0 fully saturated rings. The van der Waals surface area contributed by atoms with Gasteiger partial charge in [-0.05, 0) is 48.5 Å². The highest BCUT2D eigenvalue weighted by molar-refractivity contribution is 9.10. The van der Waals surface area contributed by atoms with Crippen molar-refractivity contribution in [3.05, 3.63) is 64.4 Å². The van der Waals surface area contributed by atoms with Crippen LogP contribution in [0.25, 0.3) is 6.08 Å². The molecule has 0 bridgehead atoms. The van der Waals surface area contributed by atoms with Crippen LogP contribution in [0.3, 0.4) is 0 Å². The number of rotatable bonds is 7. The summed E-state index contributed by atoms with van der Waals surface area (Å²) in [4.78, 5) is 11.7. The molecule has 1 N–H and O–H groups in total. The molecule has 0 saturated carbocycles. The van der Waals surface area contributed by atoms with E-state index in [2.05, 4.69) is 21.2 Å². The molecule has 2 aromatic rings. The Hall–Kier alpha value is -2.34. The second-order valence-electron chi connectivity index (χ2n) is 4.81. The highest BCUT2D eigenvalue weighted by Gasteiger charge is 2.01. The first-order valence-electron chi connectivity index (χ1n) is 7.26. The van der Waals surface area contributed by atoms with Crippen molar-refractivity contribution >= 4 is 27.9 Å². The summed E-state index contributed by atoms with van der Waals surface area (Å²) in [5, 5.41) is 2.67. The predicted octanol–water partition coefficient (Wildman–Crippen LogP) is 3.81. The molecule has 0 unspecified atom stereocenters. The van der Waals surface area contributed by atoms with E-state index in [1.165, 1.54) is 18.2 Å². The number of halogens is 2. The fraction of sp³-hybridized carbons (Fsp3) is 0.167. The molecule has 0 aliphatic rings. The van der Waals surface area contributed by atoms with Gasteiger partial charge in [0.05, 0.1) is 13.7 Å². The molecule has 0 aliphatic carbocycles. The lowest BCUT2D eigenvalue weighted by molar-refractivity contribution is -0.116. The summed E-state index contributed by atoms with van der Waals surface area (Å²) in [6, 6.07) is 11.7. The fourth-order valence-corrected chi connectivity index (χ4v) is 2.26. The van der Waals surface area contributed by atoms with Gasteiger partial charge in [0.25, 0.3) is 0 Å². The summed E-state index contributed by atoms with van der Waals surface area (Å²) >= 11 is 3.26. The molecule has 2 aromatic carbocycles. The van der Waals surface area contributed by atoms with Gasteiger partial charge in [0.2, 0.25) is 5.91 Å². The molecule has 2 rings (SSSR count). The van der Waals surface area contributed by atoms with Crippen LogP contribution in [-0.4, -0.2) is 26.2 Å². The maximum atomic E-state index is 13.5. The number of carbonyl (C=O) groups excluding carboxylic acids is 1. The summed E-state index contributed by atoms with van der Waals surface area (Å²) in [6.07, 6.45) is 2.72. The van der Waals surface area contributed by atoms with E-state index in [-0.39, 0.29) is 11.7 Å². The van der Waals surface area contributed by atoms with E-state index in [0.29, 0.717) is 24.5 Å². The molecule has 0 aromatic heterocycles. The minimum atomic E-state index is -0.384. The second-order valence-corrected chi connectivity index (χ2v) is 5.73. The third-order valence-electron chi connectivity index (χ3n) is 3.10. The topological polar surface area (TPSA) is 47.6 Å². The molecule has 0 radical (unpaired) electrons. The third-order valence-corrected chi connectivity index (χ3v) is 3.60. The Bertz CT molecular complexity index is 717. The lowest BCUT2D eigenvalue weighted by Crippen LogP contribution is -2.26. The number of carbonyl (C=O) groups is 1. The average Bonchev–Trinajstić information content (AvgIpc) is 2.60. The largest absolute Gasteiger partial charge is 0.497 e. The molecule has 6 heteroatoms. The van der Waals surface area contributed by atoms with Gasteiger partial charge in [-0.2, -0.15) is 0 Å². The highest BCUT2D eigenvalue weighted by atomic mass is 79.9. The molecule has 0 atom stereocenters. The van der Waals surface area contributed by atoms with Crippen molar-refractivity contribution < 1.29 is 18.7 Å². The lowest BCUT2D eigenvalue weighted by atomic mass is 10.2. The second kappa shape index (κ2) is 9.08. The van der Waals surface area contributed by atoms with E-state index in [1.54, 1.807) is 43.5 Å². The summed E-state index contributed by atoms with van der Waals surface area (Å²) in [6.45, 7) is 0.674. The summed E-state index contributed by atoms with van der Waals surface area (Å²) in [5.41, 5.74) is 0.342. The molecule has 126 valence electrons. The summed E-state index contributed by atoms with van der Waals surface area (Å²) < 4.78 is 24.8. The van der Waals surface area contributed by atoms with Crippen LogP contribution in [0.2, 0.25) is 0 Å². The zero-order chi connectivity index (χ0) is 17.4. The van der Waals surface area contributed by atoms with Crippen LogP contribution >= 0.6 is 15.9 Å². The minimum absolute atomic E-state index is 0.312. The molecule has 0 spiro atoms. The van der Waals surface area contributed by atoms with Crippen LogP contribution in [0, 0.1) is 5.82 Å². The van der Waals surface area contributed by atoms with E-state index >= 15 is 0 Å². The first-order valence-corrected chi connectivity index (χ1v) is 8.05. The van der Waals surface area contributed by atoms with Gasteiger partial charge in [0.15, 0.2) is 0 Å². The van der Waals surface area contributed by atoms with Crippen molar-refractivity contribution in [2.75, 3.05) is 20.3 Å². The minimum Gasteiger partial charge on any atom is -0.497 e. The van der Waals surface area contributed by atoms with Crippen LogP contribution in [-0.2, 0) is 4.79 Å². The number of benzene rings is 2. The Balaban J connectivity index is 1.74. The molecule has 0 heterocycles. The van der Waals surface area contributed by atoms with Gasteiger partial charge in [-0.3, -0.25) is 4.79 Å². The quantitative estimate of drug-likeness (QED) is 0.574. The SMILES string of the molecule is COc1ccc(OCCNC(=O)/C=C/c2cc(Br)ccc2F)cc1. The molecule has 4 nitrogen and oxygen atoms in total. The first kappa shape index (κ1) is 18.0. The van der Waals surface area contributed by atoms with E-state index in [1.807, 2.05) is 0 Å². The monoisotopic (exact) mass is 393 g/mol. The van der Waals surface area contributed by atoms with Crippen LogP contribution in [0.15, 0.2) is 53.0 Å². The van der Waals surface area contributed by atoms with Crippen molar-refractivity contribution in [2.45, 2.75) is 0 Å². The van der Waals surface area contributed by atoms with Crippen LogP contribution < -0.4 is 14.8 Å². The predicted molar refractivity (Wildman–Crippen MR) is 94.6 cm³/mol. The molecule has 1 amide bonds. The fourth-order valence-electron chi connectivity index (χ4n) is 1.88.